The number of halogens is 2. The van der Waals surface area contributed by atoms with Crippen molar-refractivity contribution in [3.05, 3.63) is 51.8 Å². The van der Waals surface area contributed by atoms with Crippen LogP contribution >= 0.6 is 23.2 Å². The minimum Gasteiger partial charge on any atom is -0.322 e. The van der Waals surface area contributed by atoms with Gasteiger partial charge in [-0.1, -0.05) is 42.3 Å². The van der Waals surface area contributed by atoms with Gasteiger partial charge in [-0.3, -0.25) is 0 Å². The van der Waals surface area contributed by atoms with E-state index in [4.69, 9.17) is 34.7 Å². The summed E-state index contributed by atoms with van der Waals surface area (Å²) in [6, 6.07) is 3.29. The lowest BCUT2D eigenvalue weighted by Gasteiger charge is -2.36. The monoisotopic (exact) mass is 311 g/mol. The van der Waals surface area contributed by atoms with Gasteiger partial charge in [0, 0.05) is 17.3 Å². The highest BCUT2D eigenvalue weighted by Gasteiger charge is 2.34. The molecule has 5 heteroatoms. The van der Waals surface area contributed by atoms with E-state index in [0.717, 1.165) is 22.6 Å². The fraction of sp³-hybridized carbons (Fsp3) is 0.400. The summed E-state index contributed by atoms with van der Waals surface area (Å²) in [5.41, 5.74) is 14.1. The highest BCUT2D eigenvalue weighted by molar-refractivity contribution is 6.29. The molecule has 1 aromatic rings. The van der Waals surface area contributed by atoms with Crippen molar-refractivity contribution >= 4 is 23.2 Å². The van der Waals surface area contributed by atoms with Gasteiger partial charge in [-0.25, -0.2) is 4.98 Å². The molecule has 3 unspecified atom stereocenters. The highest BCUT2D eigenvalue weighted by atomic mass is 35.5. The van der Waals surface area contributed by atoms with Gasteiger partial charge in [0.15, 0.2) is 0 Å². The molecule has 108 valence electrons. The predicted molar refractivity (Wildman–Crippen MR) is 84.6 cm³/mol. The number of pyridine rings is 1. The summed E-state index contributed by atoms with van der Waals surface area (Å²) in [5, 5.41) is 1.29. The van der Waals surface area contributed by atoms with Gasteiger partial charge in [0.2, 0.25) is 0 Å². The molecule has 0 fully saturated rings. The number of nitrogens with two attached hydrogens (primary N) is 2. The Labute approximate surface area is 129 Å². The molecule has 0 radical (unpaired) electrons. The van der Waals surface area contributed by atoms with E-state index < -0.39 is 5.54 Å². The third-order valence-corrected chi connectivity index (χ3v) is 4.39. The van der Waals surface area contributed by atoms with E-state index >= 15 is 0 Å². The maximum absolute atomic E-state index is 6.46. The average molecular weight is 312 g/mol. The third-order valence-electron chi connectivity index (χ3n) is 3.88. The summed E-state index contributed by atoms with van der Waals surface area (Å²) < 4.78 is 0. The standard InChI is InChI=1S/C15H19Cl2N3/c1-9-7-11(16)4-5-12(9)14(18)15(2,19)10-3-6-13(17)20-8-10/h3-6,8-9,14H,7,18-19H2,1-2H3. The van der Waals surface area contributed by atoms with Gasteiger partial charge >= 0.3 is 0 Å². The van der Waals surface area contributed by atoms with E-state index in [1.165, 1.54) is 0 Å². The third kappa shape index (κ3) is 3.07. The molecule has 0 spiro atoms. The minimum atomic E-state index is -0.713. The van der Waals surface area contributed by atoms with E-state index in [2.05, 4.69) is 11.9 Å². The summed E-state index contributed by atoms with van der Waals surface area (Å²) in [4.78, 5) is 4.08. The number of allylic oxidation sites excluding steroid dienone is 3. The number of hydrogen-bond donors (Lipinski definition) is 2. The zero-order chi connectivity index (χ0) is 14.9. The van der Waals surface area contributed by atoms with E-state index in [1.54, 1.807) is 12.3 Å². The van der Waals surface area contributed by atoms with Gasteiger partial charge in [-0.2, -0.15) is 0 Å². The van der Waals surface area contributed by atoms with Crippen molar-refractivity contribution in [3.8, 4) is 0 Å². The number of hydrogen-bond acceptors (Lipinski definition) is 3. The number of aromatic nitrogens is 1. The molecule has 2 rings (SSSR count). The summed E-state index contributed by atoms with van der Waals surface area (Å²) in [5.74, 6) is 0.283. The van der Waals surface area contributed by atoms with Crippen LogP contribution in [0.4, 0.5) is 0 Å². The minimum absolute atomic E-state index is 0.283. The Balaban J connectivity index is 2.31. The zero-order valence-electron chi connectivity index (χ0n) is 11.6. The fourth-order valence-corrected chi connectivity index (χ4v) is 2.87. The van der Waals surface area contributed by atoms with Crippen molar-refractivity contribution in [1.82, 2.24) is 4.98 Å². The molecule has 3 nitrogen and oxygen atoms in total. The summed E-state index contributed by atoms with van der Waals surface area (Å²) in [6.45, 7) is 4.02. The summed E-state index contributed by atoms with van der Waals surface area (Å²) >= 11 is 11.9. The Morgan fingerprint density at radius 1 is 1.35 bits per heavy atom. The van der Waals surface area contributed by atoms with Crippen LogP contribution < -0.4 is 11.5 Å². The van der Waals surface area contributed by atoms with Crippen LogP contribution in [0.1, 0.15) is 25.8 Å². The second-order valence-electron chi connectivity index (χ2n) is 5.52. The van der Waals surface area contributed by atoms with Gasteiger partial charge < -0.3 is 11.5 Å². The lowest BCUT2D eigenvalue weighted by molar-refractivity contribution is 0.397. The van der Waals surface area contributed by atoms with Crippen molar-refractivity contribution in [2.75, 3.05) is 0 Å². The molecular weight excluding hydrogens is 293 g/mol. The molecule has 0 amide bonds. The maximum atomic E-state index is 6.46. The fourth-order valence-electron chi connectivity index (χ4n) is 2.46. The highest BCUT2D eigenvalue weighted by Crippen LogP contribution is 2.34. The molecule has 1 heterocycles. The first-order valence-corrected chi connectivity index (χ1v) is 7.30. The molecule has 20 heavy (non-hydrogen) atoms. The van der Waals surface area contributed by atoms with E-state index in [0.29, 0.717) is 5.15 Å². The van der Waals surface area contributed by atoms with Gasteiger partial charge in [-0.05, 0) is 42.5 Å². The Hall–Kier alpha value is -0.870. The summed E-state index contributed by atoms with van der Waals surface area (Å²) in [7, 11) is 0. The molecule has 0 saturated carbocycles. The molecule has 0 saturated heterocycles. The lowest BCUT2D eigenvalue weighted by atomic mass is 9.77. The Kier molecular flexibility index (Phi) is 4.55. The molecule has 1 aromatic heterocycles. The van der Waals surface area contributed by atoms with Crippen LogP contribution in [0.25, 0.3) is 0 Å². The van der Waals surface area contributed by atoms with Gasteiger partial charge in [-0.15, -0.1) is 0 Å². The molecule has 0 bridgehead atoms. The van der Waals surface area contributed by atoms with Crippen LogP contribution in [0.2, 0.25) is 5.15 Å². The van der Waals surface area contributed by atoms with Crippen LogP contribution in [-0.2, 0) is 5.54 Å². The second-order valence-corrected chi connectivity index (χ2v) is 6.39. The molecule has 1 aliphatic rings. The predicted octanol–water partition coefficient (Wildman–Crippen LogP) is 3.33. The number of rotatable bonds is 3. The molecule has 4 N–H and O–H groups in total. The van der Waals surface area contributed by atoms with Gasteiger partial charge in [0.25, 0.3) is 0 Å². The van der Waals surface area contributed by atoms with Crippen LogP contribution in [0.3, 0.4) is 0 Å². The average Bonchev–Trinajstić information content (AvgIpc) is 2.38. The zero-order valence-corrected chi connectivity index (χ0v) is 13.1. The van der Waals surface area contributed by atoms with Crippen molar-refractivity contribution in [1.29, 1.82) is 0 Å². The second kappa shape index (κ2) is 5.86. The molecule has 0 aliphatic heterocycles. The van der Waals surface area contributed by atoms with Crippen LogP contribution in [-0.4, -0.2) is 11.0 Å². The van der Waals surface area contributed by atoms with E-state index in [1.807, 2.05) is 25.1 Å². The quantitative estimate of drug-likeness (QED) is 0.842. The first-order chi connectivity index (χ1) is 9.32. The van der Waals surface area contributed by atoms with Crippen LogP contribution in [0.5, 0.6) is 0 Å². The Bertz CT molecular complexity index is 547. The number of nitrogens with zero attached hydrogens (tertiary/aromatic N) is 1. The lowest BCUT2D eigenvalue weighted by Crippen LogP contribution is -2.52. The molecule has 1 aliphatic carbocycles. The Morgan fingerprint density at radius 3 is 2.60 bits per heavy atom. The van der Waals surface area contributed by atoms with Gasteiger partial charge in [0.05, 0.1) is 5.54 Å². The largest absolute Gasteiger partial charge is 0.322 e. The normalized spacial score (nSPS) is 23.6. The topological polar surface area (TPSA) is 64.9 Å². The van der Waals surface area contributed by atoms with Crippen molar-refractivity contribution in [3.63, 3.8) is 0 Å². The molecular formula is C15H19Cl2N3. The van der Waals surface area contributed by atoms with E-state index in [-0.39, 0.29) is 12.0 Å². The van der Waals surface area contributed by atoms with Crippen LogP contribution in [0.15, 0.2) is 41.1 Å². The SMILES string of the molecule is CC1CC(Cl)=CC=C1C(N)C(C)(N)c1ccc(Cl)nc1. The van der Waals surface area contributed by atoms with Crippen molar-refractivity contribution in [2.24, 2.45) is 17.4 Å². The smallest absolute Gasteiger partial charge is 0.129 e. The van der Waals surface area contributed by atoms with E-state index in [9.17, 15) is 0 Å². The van der Waals surface area contributed by atoms with Gasteiger partial charge in [0.1, 0.15) is 5.15 Å². The Morgan fingerprint density at radius 2 is 2.05 bits per heavy atom. The van der Waals surface area contributed by atoms with Crippen molar-refractivity contribution in [2.45, 2.75) is 31.8 Å². The molecule has 0 aromatic carbocycles. The van der Waals surface area contributed by atoms with Crippen molar-refractivity contribution < 1.29 is 0 Å². The summed E-state index contributed by atoms with van der Waals surface area (Å²) in [6.07, 6.45) is 6.36. The first kappa shape index (κ1) is 15.5. The molecule has 3 atom stereocenters. The van der Waals surface area contributed by atoms with Crippen LogP contribution in [0, 0.1) is 5.92 Å². The first-order valence-electron chi connectivity index (χ1n) is 6.55. The maximum Gasteiger partial charge on any atom is 0.129 e.